The zero-order valence-electron chi connectivity index (χ0n) is 20.9. The summed E-state index contributed by atoms with van der Waals surface area (Å²) in [6, 6.07) is 23.9. The normalized spacial score (nSPS) is 14.6. The number of halogens is 1. The molecule has 4 aromatic rings. The average Bonchev–Trinajstić information content (AvgIpc) is 3.44. The Morgan fingerprint density at radius 3 is 2.34 bits per heavy atom. The molecule has 1 aromatic heterocycles. The number of nitrogens with zero attached hydrogens (tertiary/aromatic N) is 1. The first-order valence-corrected chi connectivity index (χ1v) is 12.9. The molecule has 1 aliphatic rings. The first kappa shape index (κ1) is 25.3. The Balaban J connectivity index is 1.57. The molecule has 1 fully saturated rings. The van der Waals surface area contributed by atoms with Crippen LogP contribution in [0.4, 0.5) is 10.1 Å². The van der Waals surface area contributed by atoms with E-state index < -0.39 is 17.8 Å². The van der Waals surface area contributed by atoms with Crippen molar-refractivity contribution in [3.63, 3.8) is 0 Å². The average molecular weight is 512 g/mol. The maximum Gasteiger partial charge on any atom is 0.275 e. The van der Waals surface area contributed by atoms with Crippen molar-refractivity contribution in [1.82, 2.24) is 10.3 Å². The number of aromatic nitrogens is 1. The van der Waals surface area contributed by atoms with Crippen molar-refractivity contribution in [2.45, 2.75) is 44.2 Å². The van der Waals surface area contributed by atoms with E-state index in [0.717, 1.165) is 43.4 Å². The number of anilines is 1. The van der Waals surface area contributed by atoms with Crippen molar-refractivity contribution in [3.05, 3.63) is 108 Å². The molecule has 6 nitrogen and oxygen atoms in total. The molecule has 1 unspecified atom stereocenters. The molecule has 1 heterocycles. The molecule has 1 aliphatic carbocycles. The fraction of sp³-hybridized carbons (Fsp3) is 0.226. The number of nitrogens with one attached hydrogen (secondary N) is 2. The summed E-state index contributed by atoms with van der Waals surface area (Å²) >= 11 is 0. The van der Waals surface area contributed by atoms with E-state index in [9.17, 15) is 19.1 Å². The van der Waals surface area contributed by atoms with Crippen molar-refractivity contribution in [1.29, 1.82) is 0 Å². The zero-order valence-corrected chi connectivity index (χ0v) is 20.9. The van der Waals surface area contributed by atoms with Gasteiger partial charge in [0.2, 0.25) is 5.91 Å². The molecular weight excluding hydrogens is 481 g/mol. The van der Waals surface area contributed by atoms with Crippen LogP contribution >= 0.6 is 0 Å². The van der Waals surface area contributed by atoms with Gasteiger partial charge in [-0.1, -0.05) is 67.8 Å². The minimum absolute atomic E-state index is 0.00972. The quantitative estimate of drug-likeness (QED) is 0.270. The van der Waals surface area contributed by atoms with Crippen molar-refractivity contribution >= 4 is 17.5 Å². The van der Waals surface area contributed by atoms with Crippen LogP contribution in [0.1, 0.15) is 54.2 Å². The van der Waals surface area contributed by atoms with E-state index in [1.165, 1.54) is 41.3 Å². The Bertz CT molecular complexity index is 1400. The molecule has 7 heteroatoms. The topological polar surface area (TPSA) is 85.4 Å². The van der Waals surface area contributed by atoms with Crippen LogP contribution in [0, 0.1) is 5.82 Å². The standard InChI is InChI=1S/C31H30FN3O3/c32-23-16-14-22(15-17-23)29(30(37)33-24-10-5-2-6-11-24)35(25-12-7-13-26(36)20-25)31(38)28-19-18-27(34-28)21-8-3-1-4-9-21/h1,3-4,7-9,12-20,24,29,34,36H,2,5-6,10-11H2,(H,33,37). The summed E-state index contributed by atoms with van der Waals surface area (Å²) in [4.78, 5) is 32.6. The van der Waals surface area contributed by atoms with Crippen LogP contribution < -0.4 is 10.2 Å². The number of phenolic OH excluding ortho intramolecular Hbond substituents is 1. The molecule has 5 rings (SSSR count). The summed E-state index contributed by atoms with van der Waals surface area (Å²) in [5, 5.41) is 13.4. The number of aromatic amines is 1. The van der Waals surface area contributed by atoms with E-state index in [4.69, 9.17) is 0 Å². The van der Waals surface area contributed by atoms with Crippen LogP contribution in [0.2, 0.25) is 0 Å². The van der Waals surface area contributed by atoms with Crippen molar-refractivity contribution < 1.29 is 19.1 Å². The number of carbonyl (C=O) groups is 2. The van der Waals surface area contributed by atoms with Gasteiger partial charge < -0.3 is 15.4 Å². The van der Waals surface area contributed by atoms with E-state index in [2.05, 4.69) is 10.3 Å². The Kier molecular flexibility index (Phi) is 7.54. The third-order valence-corrected chi connectivity index (χ3v) is 6.97. The molecule has 2 amide bonds. The predicted octanol–water partition coefficient (Wildman–Crippen LogP) is 6.36. The number of hydrogen-bond acceptors (Lipinski definition) is 3. The molecule has 0 spiro atoms. The maximum absolute atomic E-state index is 14.1. The lowest BCUT2D eigenvalue weighted by molar-refractivity contribution is -0.123. The third kappa shape index (κ3) is 5.62. The van der Waals surface area contributed by atoms with Gasteiger partial charge in [-0.3, -0.25) is 14.5 Å². The molecule has 194 valence electrons. The van der Waals surface area contributed by atoms with Gasteiger partial charge in [-0.2, -0.15) is 0 Å². The molecule has 0 radical (unpaired) electrons. The van der Waals surface area contributed by atoms with E-state index >= 15 is 0 Å². The lowest BCUT2D eigenvalue weighted by Gasteiger charge is -2.33. The number of carbonyl (C=O) groups excluding carboxylic acids is 2. The van der Waals surface area contributed by atoms with E-state index in [1.807, 2.05) is 36.4 Å². The van der Waals surface area contributed by atoms with Crippen LogP contribution in [-0.2, 0) is 4.79 Å². The van der Waals surface area contributed by atoms with Crippen molar-refractivity contribution in [2.24, 2.45) is 0 Å². The minimum Gasteiger partial charge on any atom is -0.508 e. The summed E-state index contributed by atoms with van der Waals surface area (Å²) in [6.07, 6.45) is 4.95. The number of H-pyrrole nitrogens is 1. The van der Waals surface area contributed by atoms with Crippen molar-refractivity contribution in [2.75, 3.05) is 4.90 Å². The summed E-state index contributed by atoms with van der Waals surface area (Å²) in [5.41, 5.74) is 2.77. The fourth-order valence-corrected chi connectivity index (χ4v) is 5.05. The van der Waals surface area contributed by atoms with Gasteiger partial charge in [-0.25, -0.2) is 4.39 Å². The molecule has 38 heavy (non-hydrogen) atoms. The van der Waals surface area contributed by atoms with Crippen LogP contribution in [-0.4, -0.2) is 27.9 Å². The number of rotatable bonds is 7. The Morgan fingerprint density at radius 1 is 0.895 bits per heavy atom. The second-order valence-corrected chi connectivity index (χ2v) is 9.64. The van der Waals surface area contributed by atoms with Crippen LogP contribution in [0.15, 0.2) is 91.0 Å². The summed E-state index contributed by atoms with van der Waals surface area (Å²) in [5.74, 6) is -1.28. The molecule has 0 aliphatic heterocycles. The highest BCUT2D eigenvalue weighted by Crippen LogP contribution is 2.33. The molecule has 0 saturated heterocycles. The number of aromatic hydroxyl groups is 1. The monoisotopic (exact) mass is 511 g/mol. The second kappa shape index (κ2) is 11.3. The first-order valence-electron chi connectivity index (χ1n) is 12.9. The van der Waals surface area contributed by atoms with Gasteiger partial charge in [0.1, 0.15) is 23.3 Å². The van der Waals surface area contributed by atoms with Gasteiger partial charge in [0.05, 0.1) is 0 Å². The first-order chi connectivity index (χ1) is 18.5. The smallest absolute Gasteiger partial charge is 0.275 e. The van der Waals surface area contributed by atoms with Crippen LogP contribution in [0.5, 0.6) is 5.75 Å². The number of phenols is 1. The minimum atomic E-state index is -1.09. The van der Waals surface area contributed by atoms with Gasteiger partial charge in [0.15, 0.2) is 0 Å². The van der Waals surface area contributed by atoms with Gasteiger partial charge in [0.25, 0.3) is 5.91 Å². The molecular formula is C31H30FN3O3. The maximum atomic E-state index is 14.1. The van der Waals surface area contributed by atoms with E-state index in [-0.39, 0.29) is 23.4 Å². The van der Waals surface area contributed by atoms with Crippen LogP contribution in [0.3, 0.4) is 0 Å². The lowest BCUT2D eigenvalue weighted by Crippen LogP contribution is -2.47. The molecule has 1 saturated carbocycles. The third-order valence-electron chi connectivity index (χ3n) is 6.97. The summed E-state index contributed by atoms with van der Waals surface area (Å²) < 4.78 is 13.9. The fourth-order valence-electron chi connectivity index (χ4n) is 5.05. The number of benzene rings is 3. The SMILES string of the molecule is O=C(NC1CCCCC1)C(c1ccc(F)cc1)N(C(=O)c1ccc(-c2ccccc2)[nH]1)c1cccc(O)c1. The van der Waals surface area contributed by atoms with Crippen molar-refractivity contribution in [3.8, 4) is 17.0 Å². The van der Waals surface area contributed by atoms with E-state index in [1.54, 1.807) is 18.2 Å². The van der Waals surface area contributed by atoms with Gasteiger partial charge in [-0.05, 0) is 60.4 Å². The Morgan fingerprint density at radius 2 is 1.63 bits per heavy atom. The molecule has 3 aromatic carbocycles. The van der Waals surface area contributed by atoms with Gasteiger partial charge in [-0.15, -0.1) is 0 Å². The Labute approximate surface area is 221 Å². The highest BCUT2D eigenvalue weighted by atomic mass is 19.1. The number of hydrogen-bond donors (Lipinski definition) is 3. The molecule has 1 atom stereocenters. The number of amides is 2. The Hall–Kier alpha value is -4.39. The largest absolute Gasteiger partial charge is 0.508 e. The lowest BCUT2D eigenvalue weighted by atomic mass is 9.94. The molecule has 0 bridgehead atoms. The molecule has 3 N–H and O–H groups in total. The van der Waals surface area contributed by atoms with Crippen LogP contribution in [0.25, 0.3) is 11.3 Å². The van der Waals surface area contributed by atoms with Gasteiger partial charge in [0, 0.05) is 23.5 Å². The van der Waals surface area contributed by atoms with Gasteiger partial charge >= 0.3 is 0 Å². The highest BCUT2D eigenvalue weighted by Gasteiger charge is 2.35. The van der Waals surface area contributed by atoms with E-state index in [0.29, 0.717) is 11.3 Å². The predicted molar refractivity (Wildman–Crippen MR) is 145 cm³/mol. The highest BCUT2D eigenvalue weighted by molar-refractivity contribution is 6.09. The summed E-state index contributed by atoms with van der Waals surface area (Å²) in [6.45, 7) is 0. The second-order valence-electron chi connectivity index (χ2n) is 9.64. The zero-order chi connectivity index (χ0) is 26.5. The summed E-state index contributed by atoms with van der Waals surface area (Å²) in [7, 11) is 0.